The second-order valence-corrected chi connectivity index (χ2v) is 6.90. The molecule has 2 atom stereocenters. The van der Waals surface area contributed by atoms with E-state index in [0.717, 1.165) is 30.8 Å². The third-order valence-electron chi connectivity index (χ3n) is 5.32. The molecule has 0 saturated heterocycles. The Kier molecular flexibility index (Phi) is 4.18. The van der Waals surface area contributed by atoms with Gasteiger partial charge < -0.3 is 10.2 Å². The Morgan fingerprint density at radius 2 is 2.15 bits per heavy atom. The second kappa shape index (κ2) is 5.90. The average molecular weight is 276 g/mol. The van der Waals surface area contributed by atoms with E-state index in [2.05, 4.69) is 17.9 Å². The molecule has 3 rings (SSSR count). The largest absolute Gasteiger partial charge is 0.468 e. The van der Waals surface area contributed by atoms with Crippen LogP contribution in [-0.4, -0.2) is 23.0 Å². The standard InChI is InChI=1S/C17H28N2O/c1-14-4-2-9-17(13-18,10-8-14)19(15-6-7-15)12-16-5-3-11-20-16/h3,5,11,14-15H,2,4,6-10,12-13,18H2,1H3. The Hall–Kier alpha value is -0.800. The number of nitrogens with zero attached hydrogens (tertiary/aromatic N) is 1. The molecule has 1 heterocycles. The summed E-state index contributed by atoms with van der Waals surface area (Å²) in [6, 6.07) is 4.82. The summed E-state index contributed by atoms with van der Waals surface area (Å²) >= 11 is 0. The highest BCUT2D eigenvalue weighted by atomic mass is 16.3. The minimum Gasteiger partial charge on any atom is -0.468 e. The fourth-order valence-corrected chi connectivity index (χ4v) is 3.81. The molecule has 2 N–H and O–H groups in total. The summed E-state index contributed by atoms with van der Waals surface area (Å²) in [4.78, 5) is 2.68. The molecule has 0 aliphatic heterocycles. The van der Waals surface area contributed by atoms with Crippen LogP contribution in [0.4, 0.5) is 0 Å². The zero-order valence-corrected chi connectivity index (χ0v) is 12.7. The number of furan rings is 1. The number of hydrogen-bond donors (Lipinski definition) is 1. The number of hydrogen-bond acceptors (Lipinski definition) is 3. The first-order valence-corrected chi connectivity index (χ1v) is 8.23. The van der Waals surface area contributed by atoms with Crippen LogP contribution in [0.3, 0.4) is 0 Å². The van der Waals surface area contributed by atoms with E-state index in [4.69, 9.17) is 10.2 Å². The van der Waals surface area contributed by atoms with Gasteiger partial charge in [-0.1, -0.05) is 19.8 Å². The molecule has 2 saturated carbocycles. The lowest BCUT2D eigenvalue weighted by molar-refractivity contribution is 0.0537. The van der Waals surface area contributed by atoms with Crippen molar-refractivity contribution in [2.45, 2.75) is 70.0 Å². The lowest BCUT2D eigenvalue weighted by Crippen LogP contribution is -2.54. The van der Waals surface area contributed by atoms with Crippen molar-refractivity contribution >= 4 is 0 Å². The fourth-order valence-electron chi connectivity index (χ4n) is 3.81. The summed E-state index contributed by atoms with van der Waals surface area (Å²) in [5, 5.41) is 0. The van der Waals surface area contributed by atoms with Crippen molar-refractivity contribution in [3.05, 3.63) is 24.2 Å². The third-order valence-corrected chi connectivity index (χ3v) is 5.32. The van der Waals surface area contributed by atoms with Gasteiger partial charge in [0.05, 0.1) is 12.8 Å². The first-order chi connectivity index (χ1) is 9.73. The Bertz CT molecular complexity index is 413. The van der Waals surface area contributed by atoms with Crippen LogP contribution in [0.5, 0.6) is 0 Å². The predicted octanol–water partition coefficient (Wildman–Crippen LogP) is 3.54. The van der Waals surface area contributed by atoms with Crippen molar-refractivity contribution < 1.29 is 4.42 Å². The Balaban J connectivity index is 1.79. The molecule has 0 bridgehead atoms. The van der Waals surface area contributed by atoms with Crippen molar-refractivity contribution in [1.29, 1.82) is 0 Å². The summed E-state index contributed by atoms with van der Waals surface area (Å²) in [5.74, 6) is 1.94. The lowest BCUT2D eigenvalue weighted by atomic mass is 9.87. The molecule has 3 nitrogen and oxygen atoms in total. The summed E-state index contributed by atoms with van der Waals surface area (Å²) in [5.41, 5.74) is 6.48. The molecule has 112 valence electrons. The van der Waals surface area contributed by atoms with Gasteiger partial charge in [-0.05, 0) is 50.2 Å². The van der Waals surface area contributed by atoms with E-state index in [1.54, 1.807) is 6.26 Å². The predicted molar refractivity (Wildman–Crippen MR) is 81.3 cm³/mol. The zero-order chi connectivity index (χ0) is 14.0. The van der Waals surface area contributed by atoms with Crippen LogP contribution >= 0.6 is 0 Å². The number of nitrogens with two attached hydrogens (primary N) is 1. The average Bonchev–Trinajstić information content (AvgIpc) is 3.20. The molecule has 0 spiro atoms. The molecule has 1 aromatic heterocycles. The molecule has 20 heavy (non-hydrogen) atoms. The van der Waals surface area contributed by atoms with Gasteiger partial charge in [0.2, 0.25) is 0 Å². The molecule has 2 unspecified atom stereocenters. The van der Waals surface area contributed by atoms with Gasteiger partial charge in [-0.3, -0.25) is 4.90 Å². The second-order valence-electron chi connectivity index (χ2n) is 6.90. The molecular weight excluding hydrogens is 248 g/mol. The third kappa shape index (κ3) is 2.94. The van der Waals surface area contributed by atoms with Crippen LogP contribution in [0.1, 0.15) is 57.6 Å². The Labute approximate surface area is 122 Å². The van der Waals surface area contributed by atoms with Crippen molar-refractivity contribution in [1.82, 2.24) is 4.90 Å². The minimum absolute atomic E-state index is 0.207. The molecule has 1 aromatic rings. The monoisotopic (exact) mass is 276 g/mol. The van der Waals surface area contributed by atoms with Gasteiger partial charge in [-0.15, -0.1) is 0 Å². The van der Waals surface area contributed by atoms with Gasteiger partial charge >= 0.3 is 0 Å². The maximum Gasteiger partial charge on any atom is 0.117 e. The normalized spacial score (nSPS) is 31.4. The Morgan fingerprint density at radius 3 is 2.80 bits per heavy atom. The SMILES string of the molecule is CC1CCCC(CN)(N(Cc2ccco2)C2CC2)CC1. The Morgan fingerprint density at radius 1 is 1.30 bits per heavy atom. The molecule has 2 fully saturated rings. The smallest absolute Gasteiger partial charge is 0.117 e. The molecule has 2 aliphatic rings. The highest BCUT2D eigenvalue weighted by Gasteiger charge is 2.44. The van der Waals surface area contributed by atoms with Crippen molar-refractivity contribution in [3.63, 3.8) is 0 Å². The summed E-state index contributed by atoms with van der Waals surface area (Å²) in [6.45, 7) is 4.11. The maximum atomic E-state index is 6.28. The van der Waals surface area contributed by atoms with Crippen LogP contribution < -0.4 is 5.73 Å². The summed E-state index contributed by atoms with van der Waals surface area (Å²) < 4.78 is 5.59. The van der Waals surface area contributed by atoms with Crippen LogP contribution in [0, 0.1) is 5.92 Å². The van der Waals surface area contributed by atoms with Gasteiger partial charge in [0.15, 0.2) is 0 Å². The molecule has 2 aliphatic carbocycles. The summed E-state index contributed by atoms with van der Waals surface area (Å²) in [7, 11) is 0. The van der Waals surface area contributed by atoms with Crippen LogP contribution in [0.15, 0.2) is 22.8 Å². The van der Waals surface area contributed by atoms with Crippen molar-refractivity contribution in [2.75, 3.05) is 6.54 Å². The fraction of sp³-hybridized carbons (Fsp3) is 0.765. The molecule has 0 radical (unpaired) electrons. The molecule has 3 heteroatoms. The number of rotatable bonds is 5. The highest BCUT2D eigenvalue weighted by molar-refractivity contribution is 5.05. The summed E-state index contributed by atoms with van der Waals surface area (Å²) in [6.07, 6.45) is 11.0. The van der Waals surface area contributed by atoms with E-state index in [-0.39, 0.29) is 5.54 Å². The van der Waals surface area contributed by atoms with Gasteiger partial charge in [-0.25, -0.2) is 0 Å². The van der Waals surface area contributed by atoms with Gasteiger partial charge in [0.1, 0.15) is 5.76 Å². The molecule has 0 amide bonds. The van der Waals surface area contributed by atoms with E-state index in [1.807, 2.05) is 6.07 Å². The van der Waals surface area contributed by atoms with Gasteiger partial charge in [0.25, 0.3) is 0 Å². The van der Waals surface area contributed by atoms with E-state index >= 15 is 0 Å². The van der Waals surface area contributed by atoms with E-state index < -0.39 is 0 Å². The van der Waals surface area contributed by atoms with Gasteiger partial charge in [-0.2, -0.15) is 0 Å². The van der Waals surface area contributed by atoms with E-state index in [9.17, 15) is 0 Å². The quantitative estimate of drug-likeness (QED) is 0.836. The zero-order valence-electron chi connectivity index (χ0n) is 12.7. The van der Waals surface area contributed by atoms with Gasteiger partial charge in [0, 0.05) is 18.1 Å². The highest BCUT2D eigenvalue weighted by Crippen LogP contribution is 2.41. The lowest BCUT2D eigenvalue weighted by Gasteiger charge is -2.43. The maximum absolute atomic E-state index is 6.28. The molecular formula is C17H28N2O. The van der Waals surface area contributed by atoms with Crippen molar-refractivity contribution in [3.8, 4) is 0 Å². The topological polar surface area (TPSA) is 42.4 Å². The van der Waals surface area contributed by atoms with E-state index in [0.29, 0.717) is 0 Å². The van der Waals surface area contributed by atoms with Crippen LogP contribution in [0.2, 0.25) is 0 Å². The minimum atomic E-state index is 0.207. The van der Waals surface area contributed by atoms with E-state index in [1.165, 1.54) is 44.9 Å². The first kappa shape index (κ1) is 14.2. The van der Waals surface area contributed by atoms with Crippen LogP contribution in [-0.2, 0) is 6.54 Å². The molecule has 0 aromatic carbocycles. The first-order valence-electron chi connectivity index (χ1n) is 8.23. The van der Waals surface area contributed by atoms with Crippen LogP contribution in [0.25, 0.3) is 0 Å². The van der Waals surface area contributed by atoms with Crippen molar-refractivity contribution in [2.24, 2.45) is 11.7 Å².